The van der Waals surface area contributed by atoms with E-state index in [2.05, 4.69) is 30.8 Å². The van der Waals surface area contributed by atoms with Gasteiger partial charge in [-0.1, -0.05) is 24.3 Å². The molecule has 0 saturated carbocycles. The van der Waals surface area contributed by atoms with Crippen LogP contribution in [-0.2, 0) is 0 Å². The first kappa shape index (κ1) is 10.4. The smallest absolute Gasteiger partial charge is 0.106 e. The van der Waals surface area contributed by atoms with Crippen molar-refractivity contribution in [2.24, 2.45) is 0 Å². The number of nitrogens with one attached hydrogen (secondary N) is 2. The molecule has 2 aromatic heterocycles. The summed E-state index contributed by atoms with van der Waals surface area (Å²) in [4.78, 5) is 0. The molecular formula is C12H10N6. The fourth-order valence-electron chi connectivity index (χ4n) is 1.65. The average Bonchev–Trinajstić information content (AvgIpc) is 3.05. The predicted molar refractivity (Wildman–Crippen MR) is 65.6 cm³/mol. The van der Waals surface area contributed by atoms with Gasteiger partial charge in [0, 0.05) is 0 Å². The van der Waals surface area contributed by atoms with Crippen LogP contribution in [0.25, 0.3) is 12.2 Å². The van der Waals surface area contributed by atoms with Crippen LogP contribution in [0.15, 0.2) is 36.7 Å². The first-order valence-electron chi connectivity index (χ1n) is 5.42. The third-order valence-electron chi connectivity index (χ3n) is 2.47. The van der Waals surface area contributed by atoms with Crippen molar-refractivity contribution in [3.8, 4) is 0 Å². The van der Waals surface area contributed by atoms with E-state index in [1.165, 1.54) is 0 Å². The lowest BCUT2D eigenvalue weighted by Gasteiger charge is -1.89. The van der Waals surface area contributed by atoms with Gasteiger partial charge in [0.05, 0.1) is 12.4 Å². The molecule has 0 atom stereocenters. The third-order valence-corrected chi connectivity index (χ3v) is 2.47. The molecule has 18 heavy (non-hydrogen) atoms. The van der Waals surface area contributed by atoms with Gasteiger partial charge in [0.25, 0.3) is 0 Å². The third kappa shape index (κ3) is 2.17. The highest BCUT2D eigenvalue weighted by Crippen LogP contribution is 1.89. The van der Waals surface area contributed by atoms with Gasteiger partial charge < -0.3 is 0 Å². The normalized spacial score (nSPS) is 13.1. The zero-order valence-electron chi connectivity index (χ0n) is 9.41. The van der Waals surface area contributed by atoms with Crippen LogP contribution >= 0.6 is 0 Å². The Labute approximate surface area is 102 Å². The first-order valence-corrected chi connectivity index (χ1v) is 5.42. The standard InChI is InChI=1S/C12H10N6/c1-2-4-10(6-12-8-14-18-16-12)9(3-1)5-11-7-13-17-15-11/h1-8H,(H,13,15,17)(H,14,16,18). The molecule has 0 unspecified atom stereocenters. The molecule has 88 valence electrons. The Morgan fingerprint density at radius 1 is 0.778 bits per heavy atom. The van der Waals surface area contributed by atoms with E-state index in [1.807, 2.05) is 36.4 Å². The van der Waals surface area contributed by atoms with Crippen molar-refractivity contribution in [3.63, 3.8) is 0 Å². The predicted octanol–water partition coefficient (Wildman–Crippen LogP) is -0.420. The van der Waals surface area contributed by atoms with E-state index in [0.717, 1.165) is 21.8 Å². The molecule has 0 aliphatic carbocycles. The highest BCUT2D eigenvalue weighted by Gasteiger charge is 1.93. The molecule has 0 aliphatic rings. The molecule has 0 aliphatic heterocycles. The van der Waals surface area contributed by atoms with E-state index in [4.69, 9.17) is 0 Å². The van der Waals surface area contributed by atoms with Crippen LogP contribution in [0.2, 0.25) is 0 Å². The lowest BCUT2D eigenvalue weighted by molar-refractivity contribution is 0.936. The second-order valence-electron chi connectivity index (χ2n) is 3.71. The molecule has 2 heterocycles. The average molecular weight is 238 g/mol. The van der Waals surface area contributed by atoms with Gasteiger partial charge in [-0.15, -0.1) is 0 Å². The molecular weight excluding hydrogens is 228 g/mol. The van der Waals surface area contributed by atoms with Gasteiger partial charge in [-0.25, -0.2) is 0 Å². The largest absolute Gasteiger partial charge is 0.197 e. The Morgan fingerprint density at radius 2 is 1.28 bits per heavy atom. The summed E-state index contributed by atoms with van der Waals surface area (Å²) in [7, 11) is 0. The van der Waals surface area contributed by atoms with Crippen LogP contribution in [0.4, 0.5) is 0 Å². The molecule has 6 heteroatoms. The minimum absolute atomic E-state index is 0.788. The molecule has 3 rings (SSSR count). The number of benzene rings is 1. The van der Waals surface area contributed by atoms with Crippen molar-refractivity contribution in [1.29, 1.82) is 0 Å². The molecule has 0 radical (unpaired) electrons. The summed E-state index contributed by atoms with van der Waals surface area (Å²) >= 11 is 0. The number of hydrogen-bond acceptors (Lipinski definition) is 4. The molecule has 0 amide bonds. The molecule has 0 saturated heterocycles. The van der Waals surface area contributed by atoms with Crippen LogP contribution < -0.4 is 10.4 Å². The molecule has 0 bridgehead atoms. The van der Waals surface area contributed by atoms with Crippen LogP contribution in [0.5, 0.6) is 0 Å². The Hall–Kier alpha value is -2.76. The van der Waals surface area contributed by atoms with Crippen molar-refractivity contribution >= 4 is 12.2 Å². The fraction of sp³-hybridized carbons (Fsp3) is 0. The summed E-state index contributed by atoms with van der Waals surface area (Å²) in [5.41, 5.74) is 1.58. The topological polar surface area (TPSA) is 83.1 Å². The summed E-state index contributed by atoms with van der Waals surface area (Å²) in [6.07, 6.45) is 7.25. The maximum atomic E-state index is 4.01. The Morgan fingerprint density at radius 3 is 1.67 bits per heavy atom. The summed E-state index contributed by atoms with van der Waals surface area (Å²) in [5.74, 6) is 0. The molecule has 0 fully saturated rings. The Bertz CT molecular complexity index is 662. The fourth-order valence-corrected chi connectivity index (χ4v) is 1.65. The number of aromatic nitrogens is 6. The van der Waals surface area contributed by atoms with Crippen LogP contribution in [-0.4, -0.2) is 30.8 Å². The first-order chi connectivity index (χ1) is 8.92. The maximum Gasteiger partial charge on any atom is 0.106 e. The molecule has 1 aromatic carbocycles. The van der Waals surface area contributed by atoms with Gasteiger partial charge in [-0.05, 0) is 22.6 Å². The van der Waals surface area contributed by atoms with Gasteiger partial charge >= 0.3 is 0 Å². The summed E-state index contributed by atoms with van der Waals surface area (Å²) in [6, 6.07) is 7.99. The van der Waals surface area contributed by atoms with Crippen molar-refractivity contribution in [2.45, 2.75) is 0 Å². The number of aromatic amines is 2. The van der Waals surface area contributed by atoms with Gasteiger partial charge in [0.15, 0.2) is 0 Å². The Balaban J connectivity index is 2.17. The minimum atomic E-state index is 0.788. The number of H-pyrrole nitrogens is 2. The molecule has 6 nitrogen and oxygen atoms in total. The van der Waals surface area contributed by atoms with Crippen molar-refractivity contribution in [2.75, 3.05) is 0 Å². The van der Waals surface area contributed by atoms with Crippen molar-refractivity contribution in [3.05, 3.63) is 58.5 Å². The van der Waals surface area contributed by atoms with Crippen molar-refractivity contribution < 1.29 is 0 Å². The minimum Gasteiger partial charge on any atom is -0.197 e. The zero-order chi connectivity index (χ0) is 12.2. The number of hydrogen-bond donors (Lipinski definition) is 2. The van der Waals surface area contributed by atoms with Gasteiger partial charge in [0.2, 0.25) is 0 Å². The van der Waals surface area contributed by atoms with Crippen LogP contribution in [0.3, 0.4) is 0 Å². The van der Waals surface area contributed by atoms with Crippen LogP contribution in [0.1, 0.15) is 11.4 Å². The van der Waals surface area contributed by atoms with E-state index < -0.39 is 0 Å². The maximum absolute atomic E-state index is 4.01. The van der Waals surface area contributed by atoms with Gasteiger partial charge in [-0.2, -0.15) is 30.8 Å². The summed E-state index contributed by atoms with van der Waals surface area (Å²) in [5, 5.41) is 22.9. The second kappa shape index (κ2) is 4.62. The van der Waals surface area contributed by atoms with Gasteiger partial charge in [0.1, 0.15) is 11.4 Å². The lowest BCUT2D eigenvalue weighted by atomic mass is 10.2. The zero-order valence-corrected chi connectivity index (χ0v) is 9.41. The lowest BCUT2D eigenvalue weighted by Crippen LogP contribution is -2.24. The van der Waals surface area contributed by atoms with Crippen molar-refractivity contribution in [1.82, 2.24) is 30.8 Å². The van der Waals surface area contributed by atoms with Crippen LogP contribution in [0, 0.1) is 0 Å². The molecule has 0 spiro atoms. The quantitative estimate of drug-likeness (QED) is 0.635. The van der Waals surface area contributed by atoms with E-state index in [-0.39, 0.29) is 0 Å². The van der Waals surface area contributed by atoms with E-state index in [0.29, 0.717) is 0 Å². The van der Waals surface area contributed by atoms with Gasteiger partial charge in [-0.3, -0.25) is 0 Å². The Kier molecular flexibility index (Phi) is 2.67. The van der Waals surface area contributed by atoms with E-state index in [9.17, 15) is 0 Å². The number of rotatable bonds is 2. The van der Waals surface area contributed by atoms with E-state index >= 15 is 0 Å². The molecule has 2 N–H and O–H groups in total. The highest BCUT2D eigenvalue weighted by atomic mass is 15.3. The summed E-state index contributed by atoms with van der Waals surface area (Å²) < 4.78 is 0. The van der Waals surface area contributed by atoms with E-state index in [1.54, 1.807) is 12.4 Å². The second-order valence-corrected chi connectivity index (χ2v) is 3.71. The molecule has 3 aromatic rings. The number of nitrogens with zero attached hydrogens (tertiary/aromatic N) is 4. The SMILES string of the molecule is C(c1cn[nH]n1)=c1ccccc1=Cc1cn[nH]n1. The monoisotopic (exact) mass is 238 g/mol. The summed E-state index contributed by atoms with van der Waals surface area (Å²) in [6.45, 7) is 0. The highest BCUT2D eigenvalue weighted by molar-refractivity contribution is 5.48.